The molecule has 98 valence electrons. The monoisotopic (exact) mass is 302 g/mol. The Labute approximate surface area is 122 Å². The minimum absolute atomic E-state index is 0.104. The molecule has 0 aliphatic heterocycles. The first-order chi connectivity index (χ1) is 8.66. The van der Waals surface area contributed by atoms with Crippen molar-refractivity contribution in [2.45, 2.75) is 37.4 Å². The second-order valence-corrected chi connectivity index (χ2v) is 6.75. The Morgan fingerprint density at radius 3 is 2.61 bits per heavy atom. The van der Waals surface area contributed by atoms with Gasteiger partial charge in [0.15, 0.2) is 5.78 Å². The fraction of sp³-hybridized carbons (Fsp3) is 0.500. The van der Waals surface area contributed by atoms with E-state index in [0.717, 1.165) is 0 Å². The van der Waals surface area contributed by atoms with Gasteiger partial charge in [-0.25, -0.2) is 0 Å². The van der Waals surface area contributed by atoms with Crippen molar-refractivity contribution in [1.82, 2.24) is 0 Å². The highest BCUT2D eigenvalue weighted by Crippen LogP contribution is 2.29. The van der Waals surface area contributed by atoms with Gasteiger partial charge in [-0.2, -0.15) is 11.8 Å². The molecular weight excluding hydrogens is 287 g/mol. The van der Waals surface area contributed by atoms with Crippen molar-refractivity contribution < 1.29 is 4.79 Å². The van der Waals surface area contributed by atoms with E-state index in [1.165, 1.54) is 32.1 Å². The van der Waals surface area contributed by atoms with Gasteiger partial charge in [-0.1, -0.05) is 42.5 Å². The van der Waals surface area contributed by atoms with Gasteiger partial charge in [0, 0.05) is 15.8 Å². The predicted octanol–water partition coefficient (Wildman–Crippen LogP) is 5.24. The molecule has 0 amide bonds. The van der Waals surface area contributed by atoms with Gasteiger partial charge in [-0.05, 0) is 31.0 Å². The molecule has 0 bridgehead atoms. The molecule has 0 atom stereocenters. The fourth-order valence-electron chi connectivity index (χ4n) is 2.22. The van der Waals surface area contributed by atoms with Crippen LogP contribution in [-0.4, -0.2) is 16.8 Å². The first kappa shape index (κ1) is 14.2. The summed E-state index contributed by atoms with van der Waals surface area (Å²) in [5.74, 6) is 0.624. The quantitative estimate of drug-likeness (QED) is 0.707. The highest BCUT2D eigenvalue weighted by Gasteiger charge is 2.17. The molecule has 0 saturated heterocycles. The molecule has 4 heteroatoms. The Morgan fingerprint density at radius 2 is 1.94 bits per heavy atom. The van der Waals surface area contributed by atoms with Crippen LogP contribution in [0.15, 0.2) is 18.2 Å². The fourth-order valence-corrected chi connectivity index (χ4v) is 3.94. The van der Waals surface area contributed by atoms with Crippen LogP contribution in [0, 0.1) is 0 Å². The minimum Gasteiger partial charge on any atom is -0.293 e. The normalized spacial score (nSPS) is 16.8. The molecule has 18 heavy (non-hydrogen) atoms. The van der Waals surface area contributed by atoms with E-state index in [0.29, 0.717) is 26.6 Å². The van der Waals surface area contributed by atoms with Gasteiger partial charge in [0.2, 0.25) is 0 Å². The third-order valence-corrected chi connectivity index (χ3v) is 5.15. The maximum absolute atomic E-state index is 12.1. The number of carbonyl (C=O) groups excluding carboxylic acids is 1. The number of benzene rings is 1. The Morgan fingerprint density at radius 1 is 1.22 bits per heavy atom. The predicted molar refractivity (Wildman–Crippen MR) is 80.1 cm³/mol. The van der Waals surface area contributed by atoms with Crippen LogP contribution >= 0.6 is 35.0 Å². The Bertz CT molecular complexity index is 428. The largest absolute Gasteiger partial charge is 0.293 e. The molecule has 1 aliphatic carbocycles. The van der Waals surface area contributed by atoms with E-state index in [1.54, 1.807) is 30.0 Å². The molecule has 0 radical (unpaired) electrons. The van der Waals surface area contributed by atoms with E-state index < -0.39 is 0 Å². The first-order valence-electron chi connectivity index (χ1n) is 6.26. The maximum Gasteiger partial charge on any atom is 0.174 e. The van der Waals surface area contributed by atoms with Gasteiger partial charge in [-0.15, -0.1) is 0 Å². The summed E-state index contributed by atoms with van der Waals surface area (Å²) in [5, 5.41) is 1.67. The van der Waals surface area contributed by atoms with Crippen molar-refractivity contribution in [3.63, 3.8) is 0 Å². The van der Waals surface area contributed by atoms with Crippen molar-refractivity contribution in [3.8, 4) is 0 Å². The molecule has 1 aromatic rings. The number of rotatable bonds is 4. The molecule has 1 aliphatic rings. The number of ketones is 1. The van der Waals surface area contributed by atoms with E-state index in [-0.39, 0.29) is 5.78 Å². The lowest BCUT2D eigenvalue weighted by Gasteiger charge is -2.20. The molecule has 1 aromatic carbocycles. The van der Waals surface area contributed by atoms with Gasteiger partial charge in [-0.3, -0.25) is 4.79 Å². The summed E-state index contributed by atoms with van der Waals surface area (Å²) in [6, 6.07) is 5.06. The molecule has 1 nitrogen and oxygen atoms in total. The summed E-state index contributed by atoms with van der Waals surface area (Å²) in [6.07, 6.45) is 6.42. The molecule has 0 spiro atoms. The average molecular weight is 303 g/mol. The van der Waals surface area contributed by atoms with Gasteiger partial charge in [0.05, 0.1) is 10.8 Å². The first-order valence-corrected chi connectivity index (χ1v) is 8.07. The molecule has 2 rings (SSSR count). The Hall–Kier alpha value is -0.180. The van der Waals surface area contributed by atoms with E-state index in [2.05, 4.69) is 0 Å². The number of thioether (sulfide) groups is 1. The summed E-state index contributed by atoms with van der Waals surface area (Å²) in [6.45, 7) is 0. The van der Waals surface area contributed by atoms with Crippen LogP contribution in [0.2, 0.25) is 10.0 Å². The van der Waals surface area contributed by atoms with Crippen molar-refractivity contribution in [2.75, 3.05) is 5.75 Å². The maximum atomic E-state index is 12.1. The minimum atomic E-state index is 0.104. The zero-order chi connectivity index (χ0) is 13.0. The van der Waals surface area contributed by atoms with Gasteiger partial charge in [0.1, 0.15) is 0 Å². The molecule has 1 fully saturated rings. The summed E-state index contributed by atoms with van der Waals surface area (Å²) >= 11 is 13.6. The Balaban J connectivity index is 1.90. The van der Waals surface area contributed by atoms with E-state index in [4.69, 9.17) is 23.2 Å². The highest BCUT2D eigenvalue weighted by molar-refractivity contribution is 8.00. The van der Waals surface area contributed by atoms with Crippen molar-refractivity contribution in [3.05, 3.63) is 33.8 Å². The second kappa shape index (κ2) is 6.83. The second-order valence-electron chi connectivity index (χ2n) is 4.62. The third-order valence-electron chi connectivity index (χ3n) is 3.23. The van der Waals surface area contributed by atoms with Crippen LogP contribution in [0.1, 0.15) is 42.5 Å². The van der Waals surface area contributed by atoms with Crippen molar-refractivity contribution in [1.29, 1.82) is 0 Å². The topological polar surface area (TPSA) is 17.1 Å². The van der Waals surface area contributed by atoms with Crippen molar-refractivity contribution >= 4 is 40.7 Å². The average Bonchev–Trinajstić information content (AvgIpc) is 2.37. The standard InChI is InChI=1S/C14H16Cl2OS/c15-10-6-7-12(13(16)8-10)14(17)9-18-11-4-2-1-3-5-11/h6-8,11H,1-5,9H2. The smallest absolute Gasteiger partial charge is 0.174 e. The number of carbonyl (C=O) groups is 1. The lowest BCUT2D eigenvalue weighted by Crippen LogP contribution is -2.12. The molecule has 0 N–H and O–H groups in total. The number of Topliss-reactive ketones (excluding diaryl/α,β-unsaturated/α-hetero) is 1. The van der Waals surface area contributed by atoms with Crippen LogP contribution in [-0.2, 0) is 0 Å². The van der Waals surface area contributed by atoms with Gasteiger partial charge in [0.25, 0.3) is 0 Å². The lowest BCUT2D eigenvalue weighted by atomic mass is 10.0. The van der Waals surface area contributed by atoms with Crippen molar-refractivity contribution in [2.24, 2.45) is 0 Å². The molecule has 1 saturated carbocycles. The van der Waals surface area contributed by atoms with E-state index in [9.17, 15) is 4.79 Å². The van der Waals surface area contributed by atoms with Gasteiger partial charge >= 0.3 is 0 Å². The van der Waals surface area contributed by atoms with Crippen LogP contribution < -0.4 is 0 Å². The van der Waals surface area contributed by atoms with Gasteiger partial charge < -0.3 is 0 Å². The number of hydrogen-bond donors (Lipinski definition) is 0. The van der Waals surface area contributed by atoms with Crippen LogP contribution in [0.4, 0.5) is 0 Å². The molecule has 0 unspecified atom stereocenters. The zero-order valence-electron chi connectivity index (χ0n) is 10.1. The SMILES string of the molecule is O=C(CSC1CCCCC1)c1ccc(Cl)cc1Cl. The molecule has 0 heterocycles. The highest BCUT2D eigenvalue weighted by atomic mass is 35.5. The third kappa shape index (κ3) is 3.91. The van der Waals surface area contributed by atoms with Crippen LogP contribution in [0.5, 0.6) is 0 Å². The lowest BCUT2D eigenvalue weighted by molar-refractivity contribution is 0.102. The number of halogens is 2. The van der Waals surface area contributed by atoms with E-state index in [1.807, 2.05) is 0 Å². The molecule has 0 aromatic heterocycles. The summed E-state index contributed by atoms with van der Waals surface area (Å²) < 4.78 is 0. The summed E-state index contributed by atoms with van der Waals surface area (Å²) in [7, 11) is 0. The molecular formula is C14H16Cl2OS. The zero-order valence-corrected chi connectivity index (χ0v) is 12.5. The van der Waals surface area contributed by atoms with E-state index >= 15 is 0 Å². The number of hydrogen-bond acceptors (Lipinski definition) is 2. The summed E-state index contributed by atoms with van der Waals surface area (Å²) in [4.78, 5) is 12.1. The van der Waals surface area contributed by atoms with Crippen LogP contribution in [0.25, 0.3) is 0 Å². The summed E-state index contributed by atoms with van der Waals surface area (Å²) in [5.41, 5.74) is 0.587. The van der Waals surface area contributed by atoms with Crippen LogP contribution in [0.3, 0.4) is 0 Å². The Kier molecular flexibility index (Phi) is 5.40.